The second kappa shape index (κ2) is 6.34. The molecule has 1 heterocycles. The van der Waals surface area contributed by atoms with Crippen molar-refractivity contribution in [1.29, 1.82) is 0 Å². The van der Waals surface area contributed by atoms with E-state index in [0.717, 1.165) is 12.1 Å². The third-order valence-electron chi connectivity index (χ3n) is 2.98. The van der Waals surface area contributed by atoms with Crippen LogP contribution in [0, 0.1) is 5.82 Å². The van der Waals surface area contributed by atoms with E-state index in [1.807, 2.05) is 0 Å². The summed E-state index contributed by atoms with van der Waals surface area (Å²) >= 11 is 5.70. The highest BCUT2D eigenvalue weighted by Gasteiger charge is 2.12. The second-order valence-corrected chi connectivity index (χ2v) is 4.82. The predicted molar refractivity (Wildman–Crippen MR) is 66.7 cm³/mol. The predicted octanol–water partition coefficient (Wildman–Crippen LogP) is 3.14. The van der Waals surface area contributed by atoms with Crippen molar-refractivity contribution in [1.82, 2.24) is 5.32 Å². The third-order valence-corrected chi connectivity index (χ3v) is 3.27. The van der Waals surface area contributed by atoms with E-state index in [-0.39, 0.29) is 10.8 Å². The zero-order valence-electron chi connectivity index (χ0n) is 9.72. The Balaban J connectivity index is 1.75. The fraction of sp³-hybridized carbons (Fsp3) is 0.538. The molecule has 0 spiro atoms. The fourth-order valence-electron chi connectivity index (χ4n) is 2.01. The van der Waals surface area contributed by atoms with Crippen molar-refractivity contribution in [2.45, 2.75) is 31.9 Å². The van der Waals surface area contributed by atoms with Gasteiger partial charge in [-0.05, 0) is 37.1 Å². The van der Waals surface area contributed by atoms with Gasteiger partial charge in [0.1, 0.15) is 5.82 Å². The molecule has 1 aliphatic heterocycles. The van der Waals surface area contributed by atoms with E-state index in [2.05, 4.69) is 5.32 Å². The molecule has 1 unspecified atom stereocenters. The van der Waals surface area contributed by atoms with E-state index in [9.17, 15) is 4.39 Å². The highest BCUT2D eigenvalue weighted by molar-refractivity contribution is 6.30. The third kappa shape index (κ3) is 3.95. The van der Waals surface area contributed by atoms with Crippen LogP contribution in [0.4, 0.5) is 4.39 Å². The van der Waals surface area contributed by atoms with Crippen molar-refractivity contribution < 1.29 is 9.13 Å². The molecule has 1 aromatic carbocycles. The zero-order chi connectivity index (χ0) is 12.1. The minimum absolute atomic E-state index is 0.155. The summed E-state index contributed by atoms with van der Waals surface area (Å²) in [6, 6.07) is 5.15. The van der Waals surface area contributed by atoms with Crippen LogP contribution in [0.5, 0.6) is 0 Å². The molecule has 2 nitrogen and oxygen atoms in total. The summed E-state index contributed by atoms with van der Waals surface area (Å²) in [5, 5.41) is 3.57. The SMILES string of the molecule is Fc1ccc(COCC2CCCCN2)cc1Cl. The first kappa shape index (κ1) is 12.8. The van der Waals surface area contributed by atoms with Crippen molar-refractivity contribution in [2.75, 3.05) is 13.2 Å². The van der Waals surface area contributed by atoms with Gasteiger partial charge in [-0.25, -0.2) is 4.39 Å². The van der Waals surface area contributed by atoms with Gasteiger partial charge in [0.2, 0.25) is 0 Å². The standard InChI is InChI=1S/C13H17ClFNO/c14-12-7-10(4-5-13(12)15)8-17-9-11-3-1-2-6-16-11/h4-5,7,11,16H,1-3,6,8-9H2. The molecule has 0 amide bonds. The van der Waals surface area contributed by atoms with Gasteiger partial charge in [-0.3, -0.25) is 0 Å². The van der Waals surface area contributed by atoms with Gasteiger partial charge in [0.25, 0.3) is 0 Å². The van der Waals surface area contributed by atoms with Crippen LogP contribution in [-0.2, 0) is 11.3 Å². The highest BCUT2D eigenvalue weighted by Crippen LogP contribution is 2.16. The maximum Gasteiger partial charge on any atom is 0.141 e. The average Bonchev–Trinajstić information content (AvgIpc) is 2.35. The van der Waals surface area contributed by atoms with Crippen molar-refractivity contribution in [3.63, 3.8) is 0 Å². The van der Waals surface area contributed by atoms with Gasteiger partial charge in [-0.15, -0.1) is 0 Å². The summed E-state index contributed by atoms with van der Waals surface area (Å²) in [4.78, 5) is 0. The zero-order valence-corrected chi connectivity index (χ0v) is 10.5. The molecule has 4 heteroatoms. The molecular formula is C13H17ClFNO. The minimum Gasteiger partial charge on any atom is -0.375 e. The molecule has 1 aliphatic rings. The lowest BCUT2D eigenvalue weighted by Gasteiger charge is -2.23. The number of benzene rings is 1. The molecule has 1 fully saturated rings. The molecule has 17 heavy (non-hydrogen) atoms. The summed E-state index contributed by atoms with van der Waals surface area (Å²) in [7, 11) is 0. The maximum atomic E-state index is 12.9. The van der Waals surface area contributed by atoms with Crippen molar-refractivity contribution in [3.05, 3.63) is 34.6 Å². The van der Waals surface area contributed by atoms with Gasteiger partial charge in [0.05, 0.1) is 18.2 Å². The Morgan fingerprint density at radius 2 is 2.29 bits per heavy atom. The smallest absolute Gasteiger partial charge is 0.141 e. The molecule has 1 N–H and O–H groups in total. The Kier molecular flexibility index (Phi) is 4.77. The number of hydrogen-bond donors (Lipinski definition) is 1. The van der Waals surface area contributed by atoms with Crippen LogP contribution < -0.4 is 5.32 Å². The monoisotopic (exact) mass is 257 g/mol. The van der Waals surface area contributed by atoms with E-state index in [0.29, 0.717) is 19.3 Å². The van der Waals surface area contributed by atoms with Gasteiger partial charge in [0, 0.05) is 6.04 Å². The van der Waals surface area contributed by atoms with Gasteiger partial charge in [0.15, 0.2) is 0 Å². The molecule has 0 aromatic heterocycles. The van der Waals surface area contributed by atoms with Crippen LogP contribution in [0.1, 0.15) is 24.8 Å². The summed E-state index contributed by atoms with van der Waals surface area (Å²) in [6.07, 6.45) is 3.69. The Bertz CT molecular complexity index is 366. The Hall–Kier alpha value is -0.640. The number of ether oxygens (including phenoxy) is 1. The molecule has 0 radical (unpaired) electrons. The topological polar surface area (TPSA) is 21.3 Å². The van der Waals surface area contributed by atoms with Crippen LogP contribution in [0.3, 0.4) is 0 Å². The quantitative estimate of drug-likeness (QED) is 0.895. The summed E-state index contributed by atoms with van der Waals surface area (Å²) in [6.45, 7) is 2.27. The molecule has 1 aromatic rings. The lowest BCUT2D eigenvalue weighted by molar-refractivity contribution is 0.0911. The Morgan fingerprint density at radius 1 is 1.41 bits per heavy atom. The summed E-state index contributed by atoms with van der Waals surface area (Å²) in [5.74, 6) is -0.385. The lowest BCUT2D eigenvalue weighted by Crippen LogP contribution is -2.37. The van der Waals surface area contributed by atoms with Gasteiger partial charge in [-0.2, -0.15) is 0 Å². The minimum atomic E-state index is -0.385. The van der Waals surface area contributed by atoms with Crippen molar-refractivity contribution in [2.24, 2.45) is 0 Å². The van der Waals surface area contributed by atoms with Crippen molar-refractivity contribution >= 4 is 11.6 Å². The largest absolute Gasteiger partial charge is 0.375 e. The van der Waals surface area contributed by atoms with E-state index in [1.54, 1.807) is 12.1 Å². The Labute approximate surface area is 106 Å². The molecular weight excluding hydrogens is 241 g/mol. The normalized spacial score (nSPS) is 20.5. The van der Waals surface area contributed by atoms with E-state index >= 15 is 0 Å². The number of halogens is 2. The number of rotatable bonds is 4. The van der Waals surface area contributed by atoms with Crippen LogP contribution >= 0.6 is 11.6 Å². The average molecular weight is 258 g/mol. The first-order valence-electron chi connectivity index (χ1n) is 6.01. The van der Waals surface area contributed by atoms with E-state index < -0.39 is 0 Å². The van der Waals surface area contributed by atoms with Gasteiger partial charge < -0.3 is 10.1 Å². The van der Waals surface area contributed by atoms with Crippen LogP contribution in [0.2, 0.25) is 5.02 Å². The van der Waals surface area contributed by atoms with Crippen LogP contribution in [0.25, 0.3) is 0 Å². The molecule has 1 atom stereocenters. The summed E-state index contributed by atoms with van der Waals surface area (Å²) in [5.41, 5.74) is 0.909. The van der Waals surface area contributed by atoms with E-state index in [1.165, 1.54) is 25.3 Å². The molecule has 0 saturated carbocycles. The summed E-state index contributed by atoms with van der Waals surface area (Å²) < 4.78 is 18.5. The maximum absolute atomic E-state index is 12.9. The van der Waals surface area contributed by atoms with Crippen LogP contribution in [-0.4, -0.2) is 19.2 Å². The molecule has 94 valence electrons. The molecule has 2 rings (SSSR count). The first-order valence-corrected chi connectivity index (χ1v) is 6.38. The van der Waals surface area contributed by atoms with Crippen LogP contribution in [0.15, 0.2) is 18.2 Å². The van der Waals surface area contributed by atoms with Gasteiger partial charge in [-0.1, -0.05) is 24.1 Å². The fourth-order valence-corrected chi connectivity index (χ4v) is 2.22. The lowest BCUT2D eigenvalue weighted by atomic mass is 10.1. The number of piperidine rings is 1. The van der Waals surface area contributed by atoms with Gasteiger partial charge >= 0.3 is 0 Å². The van der Waals surface area contributed by atoms with E-state index in [4.69, 9.17) is 16.3 Å². The number of nitrogens with one attached hydrogen (secondary N) is 1. The molecule has 1 saturated heterocycles. The molecule has 0 bridgehead atoms. The van der Waals surface area contributed by atoms with Crippen molar-refractivity contribution in [3.8, 4) is 0 Å². The first-order chi connectivity index (χ1) is 8.25. The number of hydrogen-bond acceptors (Lipinski definition) is 2. The Morgan fingerprint density at radius 3 is 3.00 bits per heavy atom. The molecule has 0 aliphatic carbocycles. The second-order valence-electron chi connectivity index (χ2n) is 4.41. The highest BCUT2D eigenvalue weighted by atomic mass is 35.5.